The average molecular weight is 239 g/mol. The first kappa shape index (κ1) is 14.0. The van der Waals surface area contributed by atoms with E-state index in [1.807, 2.05) is 6.92 Å². The third-order valence-corrected chi connectivity index (χ3v) is 2.89. The lowest BCUT2D eigenvalue weighted by Gasteiger charge is -2.27. The summed E-state index contributed by atoms with van der Waals surface area (Å²) in [5.74, 6) is 0.310. The molecular weight excluding hydrogens is 217 g/mol. The molecule has 1 atom stereocenters. The molecule has 1 rings (SSSR count). The fourth-order valence-electron chi connectivity index (χ4n) is 1.36. The van der Waals surface area contributed by atoms with Crippen LogP contribution in [0.25, 0.3) is 0 Å². The predicted octanol–water partition coefficient (Wildman–Crippen LogP) is 3.37. The quantitative estimate of drug-likeness (QED) is 0.821. The van der Waals surface area contributed by atoms with Gasteiger partial charge in [0.15, 0.2) is 0 Å². The van der Waals surface area contributed by atoms with Crippen LogP contribution in [0.4, 0.5) is 4.39 Å². The third-order valence-electron chi connectivity index (χ3n) is 2.89. The summed E-state index contributed by atoms with van der Waals surface area (Å²) >= 11 is 0. The Kier molecular flexibility index (Phi) is 4.94. The second-order valence-electron chi connectivity index (χ2n) is 5.00. The van der Waals surface area contributed by atoms with Gasteiger partial charge in [-0.1, -0.05) is 13.0 Å². The molecule has 0 aromatic heterocycles. The SMILES string of the molecule is CCC(C)(C)NCC(C)Oc1cccc(F)c1. The van der Waals surface area contributed by atoms with E-state index in [1.54, 1.807) is 12.1 Å². The number of rotatable bonds is 6. The van der Waals surface area contributed by atoms with Crippen molar-refractivity contribution in [2.75, 3.05) is 6.54 Å². The van der Waals surface area contributed by atoms with Crippen LogP contribution < -0.4 is 10.1 Å². The molecule has 1 N–H and O–H groups in total. The van der Waals surface area contributed by atoms with Crippen molar-refractivity contribution in [2.24, 2.45) is 0 Å². The van der Waals surface area contributed by atoms with Crippen molar-refractivity contribution in [1.82, 2.24) is 5.32 Å². The molecule has 0 aliphatic rings. The van der Waals surface area contributed by atoms with Gasteiger partial charge >= 0.3 is 0 Å². The summed E-state index contributed by atoms with van der Waals surface area (Å²) in [5, 5.41) is 3.42. The molecule has 1 aromatic rings. The van der Waals surface area contributed by atoms with Crippen LogP contribution in [0.2, 0.25) is 0 Å². The predicted molar refractivity (Wildman–Crippen MR) is 68.9 cm³/mol. The molecule has 0 aliphatic carbocycles. The molecule has 1 aromatic carbocycles. The Balaban J connectivity index is 2.42. The van der Waals surface area contributed by atoms with Gasteiger partial charge < -0.3 is 10.1 Å². The van der Waals surface area contributed by atoms with Gasteiger partial charge in [-0.25, -0.2) is 4.39 Å². The molecule has 0 spiro atoms. The Labute approximate surface area is 103 Å². The Morgan fingerprint density at radius 2 is 2.12 bits per heavy atom. The van der Waals surface area contributed by atoms with Gasteiger partial charge in [0, 0.05) is 18.2 Å². The van der Waals surface area contributed by atoms with Gasteiger partial charge in [0.25, 0.3) is 0 Å². The minimum absolute atomic E-state index is 0.0163. The van der Waals surface area contributed by atoms with Gasteiger partial charge in [-0.2, -0.15) is 0 Å². The Morgan fingerprint density at radius 1 is 1.41 bits per heavy atom. The highest BCUT2D eigenvalue weighted by Crippen LogP contribution is 2.14. The van der Waals surface area contributed by atoms with E-state index in [0.717, 1.165) is 13.0 Å². The van der Waals surface area contributed by atoms with Crippen molar-refractivity contribution >= 4 is 0 Å². The van der Waals surface area contributed by atoms with Crippen LogP contribution in [-0.2, 0) is 0 Å². The molecule has 0 bridgehead atoms. The monoisotopic (exact) mass is 239 g/mol. The maximum Gasteiger partial charge on any atom is 0.126 e. The zero-order valence-electron chi connectivity index (χ0n) is 11.1. The molecule has 0 aliphatic heterocycles. The lowest BCUT2D eigenvalue weighted by atomic mass is 10.0. The molecule has 3 heteroatoms. The van der Waals surface area contributed by atoms with Crippen molar-refractivity contribution in [3.63, 3.8) is 0 Å². The lowest BCUT2D eigenvalue weighted by molar-refractivity contribution is 0.198. The molecule has 0 saturated carbocycles. The molecule has 96 valence electrons. The van der Waals surface area contributed by atoms with E-state index in [4.69, 9.17) is 4.74 Å². The standard InChI is InChI=1S/C14H22FNO/c1-5-14(3,4)16-10-11(2)17-13-8-6-7-12(15)9-13/h6-9,11,16H,5,10H2,1-4H3. The van der Waals surface area contributed by atoms with Crippen molar-refractivity contribution < 1.29 is 9.13 Å². The highest BCUT2D eigenvalue weighted by molar-refractivity contribution is 5.22. The number of hydrogen-bond acceptors (Lipinski definition) is 2. The van der Waals surface area contributed by atoms with Gasteiger partial charge in [-0.15, -0.1) is 0 Å². The van der Waals surface area contributed by atoms with Crippen molar-refractivity contribution in [1.29, 1.82) is 0 Å². The second kappa shape index (κ2) is 6.01. The minimum Gasteiger partial charge on any atom is -0.489 e. The minimum atomic E-state index is -0.267. The largest absolute Gasteiger partial charge is 0.489 e. The van der Waals surface area contributed by atoms with E-state index in [-0.39, 0.29) is 17.5 Å². The molecule has 0 heterocycles. The van der Waals surface area contributed by atoms with E-state index in [9.17, 15) is 4.39 Å². The summed E-state index contributed by atoms with van der Waals surface area (Å²) < 4.78 is 18.6. The van der Waals surface area contributed by atoms with Gasteiger partial charge in [0.2, 0.25) is 0 Å². The Morgan fingerprint density at radius 3 is 2.71 bits per heavy atom. The normalized spacial score (nSPS) is 13.5. The van der Waals surface area contributed by atoms with Gasteiger partial charge in [-0.05, 0) is 39.3 Å². The van der Waals surface area contributed by atoms with Crippen molar-refractivity contribution in [3.8, 4) is 5.75 Å². The van der Waals surface area contributed by atoms with Crippen LogP contribution in [0.1, 0.15) is 34.1 Å². The highest BCUT2D eigenvalue weighted by Gasteiger charge is 2.15. The average Bonchev–Trinajstić information content (AvgIpc) is 2.27. The van der Waals surface area contributed by atoms with E-state index in [2.05, 4.69) is 26.1 Å². The molecule has 0 saturated heterocycles. The van der Waals surface area contributed by atoms with E-state index >= 15 is 0 Å². The molecule has 2 nitrogen and oxygen atoms in total. The third kappa shape index (κ3) is 5.18. The van der Waals surface area contributed by atoms with Crippen LogP contribution in [0.5, 0.6) is 5.75 Å². The van der Waals surface area contributed by atoms with Crippen LogP contribution >= 0.6 is 0 Å². The van der Waals surface area contributed by atoms with E-state index < -0.39 is 0 Å². The van der Waals surface area contributed by atoms with Crippen LogP contribution in [-0.4, -0.2) is 18.2 Å². The van der Waals surface area contributed by atoms with Gasteiger partial charge in [-0.3, -0.25) is 0 Å². The molecule has 0 fully saturated rings. The number of nitrogens with one attached hydrogen (secondary N) is 1. The number of ether oxygens (including phenoxy) is 1. The van der Waals surface area contributed by atoms with Crippen LogP contribution in [0.3, 0.4) is 0 Å². The first-order chi connectivity index (χ1) is 7.93. The maximum atomic E-state index is 13.0. The summed E-state index contributed by atoms with van der Waals surface area (Å²) in [6.07, 6.45) is 1.07. The number of halogens is 1. The van der Waals surface area contributed by atoms with Crippen LogP contribution in [0, 0.1) is 5.82 Å². The van der Waals surface area contributed by atoms with Gasteiger partial charge in [0.05, 0.1) is 0 Å². The molecule has 0 radical (unpaired) electrons. The fourth-order valence-corrected chi connectivity index (χ4v) is 1.36. The first-order valence-electron chi connectivity index (χ1n) is 6.10. The Hall–Kier alpha value is -1.09. The number of hydrogen-bond donors (Lipinski definition) is 1. The fraction of sp³-hybridized carbons (Fsp3) is 0.571. The summed E-state index contributed by atoms with van der Waals surface area (Å²) in [6.45, 7) is 9.18. The zero-order valence-corrected chi connectivity index (χ0v) is 11.1. The van der Waals surface area contributed by atoms with Gasteiger partial charge in [0.1, 0.15) is 17.7 Å². The molecule has 0 amide bonds. The van der Waals surface area contributed by atoms with Crippen molar-refractivity contribution in [3.05, 3.63) is 30.1 Å². The summed E-state index contributed by atoms with van der Waals surface area (Å²) in [6, 6.07) is 6.24. The maximum absolute atomic E-state index is 13.0. The summed E-state index contributed by atoms with van der Waals surface area (Å²) in [7, 11) is 0. The molecule has 1 unspecified atom stereocenters. The molecular formula is C14H22FNO. The Bertz CT molecular complexity index is 352. The molecule has 17 heavy (non-hydrogen) atoms. The lowest BCUT2D eigenvalue weighted by Crippen LogP contribution is -2.43. The summed E-state index contributed by atoms with van der Waals surface area (Å²) in [4.78, 5) is 0. The van der Waals surface area contributed by atoms with Crippen molar-refractivity contribution in [2.45, 2.75) is 45.8 Å². The van der Waals surface area contributed by atoms with E-state index in [1.165, 1.54) is 12.1 Å². The second-order valence-corrected chi connectivity index (χ2v) is 5.00. The zero-order chi connectivity index (χ0) is 12.9. The highest BCUT2D eigenvalue weighted by atomic mass is 19.1. The van der Waals surface area contributed by atoms with E-state index in [0.29, 0.717) is 5.75 Å². The topological polar surface area (TPSA) is 21.3 Å². The summed E-state index contributed by atoms with van der Waals surface area (Å²) in [5.41, 5.74) is 0.111. The number of benzene rings is 1. The van der Waals surface area contributed by atoms with Crippen LogP contribution in [0.15, 0.2) is 24.3 Å². The first-order valence-corrected chi connectivity index (χ1v) is 6.10. The smallest absolute Gasteiger partial charge is 0.126 e.